The van der Waals surface area contributed by atoms with Gasteiger partial charge >= 0.3 is 6.18 Å². The second-order valence-corrected chi connectivity index (χ2v) is 7.84. The number of alkyl halides is 3. The van der Waals surface area contributed by atoms with E-state index in [2.05, 4.69) is 17.3 Å². The molecular formula is C19H23F3N4O2. The van der Waals surface area contributed by atoms with Gasteiger partial charge in [-0.25, -0.2) is 4.68 Å². The highest BCUT2D eigenvalue weighted by atomic mass is 19.4. The molecule has 4 rings (SSSR count). The lowest BCUT2D eigenvalue weighted by atomic mass is 9.93. The molecule has 1 fully saturated rings. The molecule has 152 valence electrons. The van der Waals surface area contributed by atoms with Crippen molar-refractivity contribution < 1.29 is 22.4 Å². The molecule has 9 heteroatoms. The average Bonchev–Trinajstić information content (AvgIpc) is 3.29. The highest BCUT2D eigenvalue weighted by molar-refractivity contribution is 5.93. The molecular weight excluding hydrogens is 373 g/mol. The van der Waals surface area contributed by atoms with Gasteiger partial charge in [0.2, 0.25) is 0 Å². The number of nitrogens with one attached hydrogen (secondary N) is 1. The van der Waals surface area contributed by atoms with Crippen LogP contribution in [0.2, 0.25) is 0 Å². The van der Waals surface area contributed by atoms with E-state index in [1.165, 1.54) is 12.3 Å². The van der Waals surface area contributed by atoms with Gasteiger partial charge in [0.25, 0.3) is 5.91 Å². The van der Waals surface area contributed by atoms with Crippen molar-refractivity contribution in [2.75, 3.05) is 11.9 Å². The van der Waals surface area contributed by atoms with Crippen LogP contribution >= 0.6 is 0 Å². The third-order valence-corrected chi connectivity index (χ3v) is 5.69. The molecule has 0 saturated carbocycles. The number of halogens is 3. The van der Waals surface area contributed by atoms with Gasteiger partial charge in [-0.3, -0.25) is 4.79 Å². The monoisotopic (exact) mass is 396 g/mol. The molecule has 4 heterocycles. The van der Waals surface area contributed by atoms with Crippen molar-refractivity contribution in [3.05, 3.63) is 35.9 Å². The third-order valence-electron chi connectivity index (χ3n) is 5.69. The van der Waals surface area contributed by atoms with Crippen molar-refractivity contribution in [2.45, 2.75) is 57.4 Å². The summed E-state index contributed by atoms with van der Waals surface area (Å²) in [5.74, 6) is 0.808. The standard InChI is InChI=1S/C19H23F3N4O2/c1-11-5-6-25(12(2)8-11)18(27)14-10-17-23-13(15-4-3-7-28-15)9-16(19(20,21)22)26(17)24-14/h3-4,7,10-13,16,23H,5-6,8-9H2,1-2H3/t11-,12-,13+,16-/m0/s1. The van der Waals surface area contributed by atoms with E-state index in [4.69, 9.17) is 4.42 Å². The minimum atomic E-state index is -4.48. The van der Waals surface area contributed by atoms with Crippen molar-refractivity contribution in [1.29, 1.82) is 0 Å². The molecule has 0 bridgehead atoms. The highest BCUT2D eigenvalue weighted by Crippen LogP contribution is 2.43. The van der Waals surface area contributed by atoms with Crippen molar-refractivity contribution in [3.8, 4) is 0 Å². The van der Waals surface area contributed by atoms with Crippen LogP contribution in [-0.2, 0) is 0 Å². The lowest BCUT2D eigenvalue weighted by Gasteiger charge is -2.36. The minimum Gasteiger partial charge on any atom is -0.467 e. The number of aromatic nitrogens is 2. The Balaban J connectivity index is 1.64. The largest absolute Gasteiger partial charge is 0.467 e. The van der Waals surface area contributed by atoms with Crippen LogP contribution in [0.15, 0.2) is 28.9 Å². The predicted molar refractivity (Wildman–Crippen MR) is 95.9 cm³/mol. The molecule has 2 aliphatic rings. The zero-order valence-electron chi connectivity index (χ0n) is 15.7. The number of hydrogen-bond donors (Lipinski definition) is 1. The summed E-state index contributed by atoms with van der Waals surface area (Å²) in [6.07, 6.45) is -1.55. The molecule has 0 spiro atoms. The van der Waals surface area contributed by atoms with E-state index in [1.807, 2.05) is 6.92 Å². The number of furan rings is 1. The first-order valence-electron chi connectivity index (χ1n) is 9.51. The predicted octanol–water partition coefficient (Wildman–Crippen LogP) is 4.40. The first kappa shape index (κ1) is 18.9. The van der Waals surface area contributed by atoms with Gasteiger partial charge in [0, 0.05) is 25.1 Å². The Bertz CT molecular complexity index is 846. The van der Waals surface area contributed by atoms with Crippen LogP contribution in [0.4, 0.5) is 19.0 Å². The third kappa shape index (κ3) is 3.38. The average molecular weight is 396 g/mol. The fourth-order valence-corrected chi connectivity index (χ4v) is 4.21. The van der Waals surface area contributed by atoms with E-state index in [1.54, 1.807) is 17.0 Å². The van der Waals surface area contributed by atoms with Gasteiger partial charge in [0.05, 0.1) is 12.3 Å². The zero-order chi connectivity index (χ0) is 20.1. The Kier molecular flexibility index (Phi) is 4.63. The molecule has 1 amide bonds. The molecule has 0 radical (unpaired) electrons. The number of hydrogen-bond acceptors (Lipinski definition) is 4. The summed E-state index contributed by atoms with van der Waals surface area (Å²) >= 11 is 0. The summed E-state index contributed by atoms with van der Waals surface area (Å²) in [6.45, 7) is 4.70. The van der Waals surface area contributed by atoms with E-state index in [0.29, 0.717) is 18.2 Å². The van der Waals surface area contributed by atoms with E-state index in [0.717, 1.165) is 17.5 Å². The Hall–Kier alpha value is -2.45. The molecule has 2 aromatic rings. The molecule has 0 aliphatic carbocycles. The maximum absolute atomic E-state index is 13.7. The van der Waals surface area contributed by atoms with Gasteiger partial charge in [0.1, 0.15) is 11.6 Å². The van der Waals surface area contributed by atoms with Gasteiger partial charge in [0.15, 0.2) is 11.7 Å². The van der Waals surface area contributed by atoms with Crippen LogP contribution in [0.1, 0.15) is 61.4 Å². The zero-order valence-corrected chi connectivity index (χ0v) is 15.7. The van der Waals surface area contributed by atoms with Crippen LogP contribution in [-0.4, -0.2) is 39.4 Å². The second-order valence-electron chi connectivity index (χ2n) is 7.84. The van der Waals surface area contributed by atoms with Crippen molar-refractivity contribution in [2.24, 2.45) is 5.92 Å². The summed E-state index contributed by atoms with van der Waals surface area (Å²) in [4.78, 5) is 14.6. The van der Waals surface area contributed by atoms with Crippen LogP contribution in [0.3, 0.4) is 0 Å². The Morgan fingerprint density at radius 3 is 2.75 bits per heavy atom. The van der Waals surface area contributed by atoms with Crippen LogP contribution < -0.4 is 5.32 Å². The first-order valence-corrected chi connectivity index (χ1v) is 9.51. The normalized spacial score (nSPS) is 28.0. The van der Waals surface area contributed by atoms with Crippen LogP contribution in [0.25, 0.3) is 0 Å². The summed E-state index contributed by atoms with van der Waals surface area (Å²) in [7, 11) is 0. The number of fused-ring (bicyclic) bond motifs is 1. The fourth-order valence-electron chi connectivity index (χ4n) is 4.21. The van der Waals surface area contributed by atoms with Crippen molar-refractivity contribution in [3.63, 3.8) is 0 Å². The van der Waals surface area contributed by atoms with E-state index >= 15 is 0 Å². The fraction of sp³-hybridized carbons (Fsp3) is 0.579. The first-order chi connectivity index (χ1) is 13.2. The Morgan fingerprint density at radius 2 is 2.11 bits per heavy atom. The lowest BCUT2D eigenvalue weighted by molar-refractivity contribution is -0.174. The number of amides is 1. The van der Waals surface area contributed by atoms with Gasteiger partial charge in [-0.2, -0.15) is 18.3 Å². The highest BCUT2D eigenvalue weighted by Gasteiger charge is 2.47. The van der Waals surface area contributed by atoms with Gasteiger partial charge in [-0.05, 0) is 37.8 Å². The number of anilines is 1. The summed E-state index contributed by atoms with van der Waals surface area (Å²) in [6, 6.07) is 2.28. The maximum atomic E-state index is 13.7. The van der Waals surface area contributed by atoms with E-state index in [9.17, 15) is 18.0 Å². The number of piperidine rings is 1. The van der Waals surface area contributed by atoms with Gasteiger partial charge in [-0.15, -0.1) is 0 Å². The number of carbonyl (C=O) groups is 1. The number of rotatable bonds is 2. The smallest absolute Gasteiger partial charge is 0.410 e. The topological polar surface area (TPSA) is 63.3 Å². The van der Waals surface area contributed by atoms with E-state index < -0.39 is 18.3 Å². The van der Waals surface area contributed by atoms with E-state index in [-0.39, 0.29) is 29.9 Å². The number of likely N-dealkylation sites (tertiary alicyclic amines) is 1. The minimum absolute atomic E-state index is 0.0391. The van der Waals surface area contributed by atoms with Crippen LogP contribution in [0, 0.1) is 5.92 Å². The lowest BCUT2D eigenvalue weighted by Crippen LogP contribution is -2.44. The molecule has 0 aromatic carbocycles. The SMILES string of the molecule is C[C@H]1CCN(C(=O)c2cc3n(n2)[C@H](C(F)(F)F)C[C@H](c2ccco2)N3)[C@@H](C)C1. The molecule has 1 saturated heterocycles. The molecule has 28 heavy (non-hydrogen) atoms. The molecule has 1 N–H and O–H groups in total. The van der Waals surface area contributed by atoms with Crippen LogP contribution in [0.5, 0.6) is 0 Å². The molecule has 4 atom stereocenters. The van der Waals surface area contributed by atoms with Gasteiger partial charge in [-0.1, -0.05) is 6.92 Å². The second kappa shape index (κ2) is 6.86. The maximum Gasteiger partial charge on any atom is 0.410 e. The molecule has 0 unspecified atom stereocenters. The summed E-state index contributed by atoms with van der Waals surface area (Å²) < 4.78 is 47.3. The van der Waals surface area contributed by atoms with Crippen molar-refractivity contribution >= 4 is 11.7 Å². The molecule has 2 aromatic heterocycles. The number of nitrogens with zero attached hydrogens (tertiary/aromatic N) is 3. The van der Waals surface area contributed by atoms with Gasteiger partial charge < -0.3 is 14.6 Å². The summed E-state index contributed by atoms with van der Waals surface area (Å²) in [5, 5.41) is 7.09. The molecule has 6 nitrogen and oxygen atoms in total. The number of carbonyl (C=O) groups excluding carboxylic acids is 1. The van der Waals surface area contributed by atoms with Crippen molar-refractivity contribution in [1.82, 2.24) is 14.7 Å². The molecule has 2 aliphatic heterocycles. The quantitative estimate of drug-likeness (QED) is 0.818. The Morgan fingerprint density at radius 1 is 1.32 bits per heavy atom. The summed E-state index contributed by atoms with van der Waals surface area (Å²) in [5.41, 5.74) is 0.0400. The Labute approximate surface area is 160 Å².